The maximum Gasteiger partial charge on any atom is 0.269 e. The second-order valence-electron chi connectivity index (χ2n) is 7.81. The van der Waals surface area contributed by atoms with Gasteiger partial charge >= 0.3 is 0 Å². The molecule has 10 heteroatoms. The number of anilines is 1. The third-order valence-electron chi connectivity index (χ3n) is 5.22. The molecule has 1 aliphatic rings. The summed E-state index contributed by atoms with van der Waals surface area (Å²) < 4.78 is 11.8. The Labute approximate surface area is 182 Å². The van der Waals surface area contributed by atoms with Crippen LogP contribution in [0.3, 0.4) is 0 Å². The minimum Gasteiger partial charge on any atom is -0.454 e. The number of benzene rings is 2. The van der Waals surface area contributed by atoms with Crippen molar-refractivity contribution in [3.63, 3.8) is 0 Å². The number of nitrogens with zero attached hydrogens (tertiary/aromatic N) is 3. The maximum atomic E-state index is 13.1. The average Bonchev–Trinajstić information content (AvgIpc) is 3.23. The van der Waals surface area contributed by atoms with Gasteiger partial charge < -0.3 is 14.8 Å². The fourth-order valence-electron chi connectivity index (χ4n) is 3.29. The summed E-state index contributed by atoms with van der Waals surface area (Å²) in [6, 6.07) is 12.4. The van der Waals surface area contributed by atoms with Crippen LogP contribution >= 0.6 is 0 Å². The number of hydrogen-bond acceptors (Lipinski definition) is 7. The van der Waals surface area contributed by atoms with E-state index in [1.54, 1.807) is 45.0 Å². The van der Waals surface area contributed by atoms with Crippen molar-refractivity contribution in [2.45, 2.75) is 26.3 Å². The molecular weight excluding hydrogens is 416 g/mol. The van der Waals surface area contributed by atoms with E-state index in [1.807, 2.05) is 0 Å². The molecule has 32 heavy (non-hydrogen) atoms. The number of nitro benzene ring substituents is 1. The van der Waals surface area contributed by atoms with E-state index in [1.165, 1.54) is 24.3 Å². The monoisotopic (exact) mass is 436 g/mol. The van der Waals surface area contributed by atoms with Crippen molar-refractivity contribution < 1.29 is 19.2 Å². The number of aromatic nitrogens is 2. The lowest BCUT2D eigenvalue weighted by Gasteiger charge is -2.25. The highest BCUT2D eigenvalue weighted by Gasteiger charge is 2.33. The number of carbonyl (C=O) groups excluding carboxylic acids is 1. The molecule has 1 aliphatic heterocycles. The van der Waals surface area contributed by atoms with Gasteiger partial charge in [0.1, 0.15) is 5.54 Å². The molecule has 2 heterocycles. The normalized spacial score (nSPS) is 12.5. The van der Waals surface area contributed by atoms with E-state index in [4.69, 9.17) is 9.47 Å². The fourth-order valence-corrected chi connectivity index (χ4v) is 3.29. The Kier molecular flexibility index (Phi) is 5.13. The molecule has 2 aromatic carbocycles. The van der Waals surface area contributed by atoms with Crippen molar-refractivity contribution >= 4 is 17.3 Å². The first-order valence-electron chi connectivity index (χ1n) is 9.74. The van der Waals surface area contributed by atoms with Crippen LogP contribution in [-0.2, 0) is 10.3 Å². The molecule has 0 saturated carbocycles. The fraction of sp³-hybridized carbons (Fsp3) is 0.227. The van der Waals surface area contributed by atoms with E-state index in [2.05, 4.69) is 10.4 Å². The van der Waals surface area contributed by atoms with Gasteiger partial charge in [0.2, 0.25) is 6.79 Å². The summed E-state index contributed by atoms with van der Waals surface area (Å²) in [6.45, 7) is 4.93. The molecule has 0 atom stereocenters. The zero-order valence-corrected chi connectivity index (χ0v) is 17.6. The van der Waals surface area contributed by atoms with Gasteiger partial charge in [-0.15, -0.1) is 0 Å². The summed E-state index contributed by atoms with van der Waals surface area (Å²) >= 11 is 0. The lowest BCUT2D eigenvalue weighted by Crippen LogP contribution is -2.47. The van der Waals surface area contributed by atoms with Crippen LogP contribution < -0.4 is 20.3 Å². The van der Waals surface area contributed by atoms with E-state index >= 15 is 0 Å². The van der Waals surface area contributed by atoms with Crippen molar-refractivity contribution in [1.82, 2.24) is 9.78 Å². The highest BCUT2D eigenvalue weighted by atomic mass is 16.7. The average molecular weight is 436 g/mol. The SMILES string of the molecule is Cc1cc([N+](=O)[O-])ccc1NC(=O)C(C)(C)n1nc(-c2ccc3c(c2)OCO3)ccc1=O. The van der Waals surface area contributed by atoms with Gasteiger partial charge in [0, 0.05) is 29.4 Å². The van der Waals surface area contributed by atoms with Crippen LogP contribution in [0.1, 0.15) is 19.4 Å². The Bertz CT molecular complexity index is 1300. The first-order chi connectivity index (χ1) is 15.2. The van der Waals surface area contributed by atoms with Crippen molar-refractivity contribution in [2.75, 3.05) is 12.1 Å². The molecule has 164 valence electrons. The van der Waals surface area contributed by atoms with Crippen molar-refractivity contribution in [1.29, 1.82) is 0 Å². The molecule has 0 fully saturated rings. The highest BCUT2D eigenvalue weighted by Crippen LogP contribution is 2.35. The molecule has 4 rings (SSSR count). The van der Waals surface area contributed by atoms with E-state index in [0.717, 1.165) is 4.68 Å². The molecule has 1 amide bonds. The number of nitro groups is 1. The quantitative estimate of drug-likeness (QED) is 0.481. The second kappa shape index (κ2) is 7.80. The Hall–Kier alpha value is -4.21. The topological polar surface area (TPSA) is 126 Å². The Morgan fingerprint density at radius 2 is 1.88 bits per heavy atom. The minimum absolute atomic E-state index is 0.0749. The Morgan fingerprint density at radius 3 is 2.59 bits per heavy atom. The lowest BCUT2D eigenvalue weighted by atomic mass is 10.0. The van der Waals surface area contributed by atoms with Gasteiger partial charge in [-0.25, -0.2) is 4.68 Å². The van der Waals surface area contributed by atoms with Crippen LogP contribution in [0.4, 0.5) is 11.4 Å². The zero-order chi connectivity index (χ0) is 23.0. The Morgan fingerprint density at radius 1 is 1.12 bits per heavy atom. The number of carbonyl (C=O) groups is 1. The van der Waals surface area contributed by atoms with Crippen LogP contribution in [0, 0.1) is 17.0 Å². The van der Waals surface area contributed by atoms with Crippen LogP contribution in [0.25, 0.3) is 11.3 Å². The van der Waals surface area contributed by atoms with Gasteiger partial charge in [-0.3, -0.25) is 19.7 Å². The highest BCUT2D eigenvalue weighted by molar-refractivity contribution is 5.96. The number of hydrogen-bond donors (Lipinski definition) is 1. The van der Waals surface area contributed by atoms with Crippen molar-refractivity contribution in [3.05, 3.63) is 74.6 Å². The van der Waals surface area contributed by atoms with Crippen LogP contribution in [0.15, 0.2) is 53.3 Å². The van der Waals surface area contributed by atoms with Gasteiger partial charge in [-0.05, 0) is 56.7 Å². The number of fused-ring (bicyclic) bond motifs is 1. The van der Waals surface area contributed by atoms with Crippen LogP contribution in [-0.4, -0.2) is 27.4 Å². The number of rotatable bonds is 5. The van der Waals surface area contributed by atoms with Gasteiger partial charge in [0.15, 0.2) is 11.5 Å². The van der Waals surface area contributed by atoms with Crippen LogP contribution in [0.5, 0.6) is 11.5 Å². The molecule has 0 unspecified atom stereocenters. The molecule has 1 aromatic heterocycles. The first kappa shape index (κ1) is 21.0. The summed E-state index contributed by atoms with van der Waals surface area (Å²) in [5.41, 5.74) is 0.244. The zero-order valence-electron chi connectivity index (χ0n) is 17.6. The number of non-ortho nitro benzene ring substituents is 1. The molecule has 0 spiro atoms. The van der Waals surface area contributed by atoms with Gasteiger partial charge in [-0.2, -0.15) is 5.10 Å². The van der Waals surface area contributed by atoms with Gasteiger partial charge in [0.05, 0.1) is 10.6 Å². The third-order valence-corrected chi connectivity index (χ3v) is 5.22. The number of amides is 1. The minimum atomic E-state index is -1.35. The summed E-state index contributed by atoms with van der Waals surface area (Å²) in [5, 5.41) is 18.1. The van der Waals surface area contributed by atoms with Gasteiger partial charge in [0.25, 0.3) is 17.2 Å². The largest absolute Gasteiger partial charge is 0.454 e. The Balaban J connectivity index is 1.65. The lowest BCUT2D eigenvalue weighted by molar-refractivity contribution is -0.384. The summed E-state index contributed by atoms with van der Waals surface area (Å²) in [6.07, 6.45) is 0. The summed E-state index contributed by atoms with van der Waals surface area (Å²) in [5.74, 6) is 0.708. The number of ether oxygens (including phenoxy) is 2. The van der Waals surface area contributed by atoms with E-state index in [-0.39, 0.29) is 12.5 Å². The van der Waals surface area contributed by atoms with E-state index < -0.39 is 21.9 Å². The molecule has 3 aromatic rings. The smallest absolute Gasteiger partial charge is 0.269 e. The van der Waals surface area contributed by atoms with Gasteiger partial charge in [-0.1, -0.05) is 0 Å². The molecule has 0 aliphatic carbocycles. The molecule has 1 N–H and O–H groups in total. The summed E-state index contributed by atoms with van der Waals surface area (Å²) in [7, 11) is 0. The number of aryl methyl sites for hydroxylation is 1. The standard InChI is InChI=1S/C22H20N4O6/c1-13-10-15(26(29)30)5-6-16(13)23-21(28)22(2,3)25-20(27)9-7-17(24-25)14-4-8-18-19(11-14)32-12-31-18/h4-11H,12H2,1-3H3,(H,23,28). The molecule has 10 nitrogen and oxygen atoms in total. The first-order valence-corrected chi connectivity index (χ1v) is 9.74. The van der Waals surface area contributed by atoms with Crippen molar-refractivity contribution in [3.8, 4) is 22.8 Å². The van der Waals surface area contributed by atoms with Crippen molar-refractivity contribution in [2.24, 2.45) is 0 Å². The predicted octanol–water partition coefficient (Wildman–Crippen LogP) is 3.23. The second-order valence-corrected chi connectivity index (χ2v) is 7.81. The number of nitrogens with one attached hydrogen (secondary N) is 1. The predicted molar refractivity (Wildman–Crippen MR) is 116 cm³/mol. The summed E-state index contributed by atoms with van der Waals surface area (Å²) in [4.78, 5) is 36.1. The van der Waals surface area contributed by atoms with Crippen LogP contribution in [0.2, 0.25) is 0 Å². The third kappa shape index (κ3) is 3.78. The molecule has 0 saturated heterocycles. The van der Waals surface area contributed by atoms with E-state index in [9.17, 15) is 19.7 Å². The maximum absolute atomic E-state index is 13.1. The molecule has 0 radical (unpaired) electrons. The van der Waals surface area contributed by atoms with E-state index in [0.29, 0.717) is 34.0 Å². The molecule has 0 bridgehead atoms. The molecular formula is C22H20N4O6.